The number of carbonyl (C=O) groups excluding carboxylic acids is 1. The van der Waals surface area contributed by atoms with Crippen molar-refractivity contribution in [2.75, 3.05) is 14.2 Å². The Morgan fingerprint density at radius 2 is 2.06 bits per heavy atom. The van der Waals surface area contributed by atoms with E-state index in [4.69, 9.17) is 15.2 Å². The van der Waals surface area contributed by atoms with E-state index in [0.717, 1.165) is 5.56 Å². The molecule has 0 fully saturated rings. The van der Waals surface area contributed by atoms with E-state index in [9.17, 15) is 4.79 Å². The fourth-order valence-electron chi connectivity index (χ4n) is 1.30. The van der Waals surface area contributed by atoms with Crippen LogP contribution in [0.25, 0.3) is 0 Å². The van der Waals surface area contributed by atoms with Crippen molar-refractivity contribution in [2.24, 2.45) is 10.8 Å². The Kier molecular flexibility index (Phi) is 4.33. The van der Waals surface area contributed by atoms with Crippen molar-refractivity contribution < 1.29 is 14.3 Å². The van der Waals surface area contributed by atoms with E-state index in [1.165, 1.54) is 0 Å². The molecule has 3 N–H and O–H groups in total. The second kappa shape index (κ2) is 5.74. The van der Waals surface area contributed by atoms with Gasteiger partial charge in [0, 0.05) is 11.6 Å². The van der Waals surface area contributed by atoms with E-state index in [1.807, 2.05) is 0 Å². The highest BCUT2D eigenvalue weighted by atomic mass is 16.5. The Labute approximate surface area is 99.4 Å². The number of rotatable bonds is 4. The molecule has 0 saturated carbocycles. The van der Waals surface area contributed by atoms with Gasteiger partial charge in [-0.1, -0.05) is 0 Å². The van der Waals surface area contributed by atoms with Crippen LogP contribution in [0.4, 0.5) is 4.79 Å². The van der Waals surface area contributed by atoms with E-state index < -0.39 is 6.03 Å². The summed E-state index contributed by atoms with van der Waals surface area (Å²) in [5.74, 6) is 1.29. The number of hydrogen-bond acceptors (Lipinski definition) is 4. The molecule has 6 heteroatoms. The van der Waals surface area contributed by atoms with Gasteiger partial charge in [0.15, 0.2) is 0 Å². The smallest absolute Gasteiger partial charge is 0.332 e. The van der Waals surface area contributed by atoms with E-state index in [2.05, 4.69) is 10.5 Å². The maximum atomic E-state index is 10.5. The monoisotopic (exact) mass is 237 g/mol. The fraction of sp³-hybridized carbons (Fsp3) is 0.273. The van der Waals surface area contributed by atoms with Gasteiger partial charge in [-0.3, -0.25) is 0 Å². The molecule has 0 aromatic heterocycles. The highest BCUT2D eigenvalue weighted by Crippen LogP contribution is 2.24. The summed E-state index contributed by atoms with van der Waals surface area (Å²) in [7, 11) is 3.12. The Bertz CT molecular complexity index is 444. The highest BCUT2D eigenvalue weighted by molar-refractivity contribution is 6.01. The molecular formula is C11H15N3O3. The number of hydrogen-bond donors (Lipinski definition) is 2. The number of amides is 2. The average Bonchev–Trinajstić information content (AvgIpc) is 2.34. The van der Waals surface area contributed by atoms with Crippen molar-refractivity contribution in [3.05, 3.63) is 23.8 Å². The largest absolute Gasteiger partial charge is 0.497 e. The molecule has 0 atom stereocenters. The standard InChI is InChI=1S/C11H15N3O3/c1-7(13-14-11(12)15)9-5-4-8(16-2)6-10(9)17-3/h4-6H,1-3H3,(H3,12,14,15)/b13-7+. The first-order valence-electron chi connectivity index (χ1n) is 4.90. The third kappa shape index (κ3) is 3.37. The number of methoxy groups -OCH3 is 2. The number of nitrogens with one attached hydrogen (secondary N) is 1. The Balaban J connectivity index is 3.04. The van der Waals surface area contributed by atoms with Gasteiger partial charge in [0.25, 0.3) is 0 Å². The molecule has 0 aliphatic heterocycles. The number of nitrogens with zero attached hydrogens (tertiary/aromatic N) is 1. The van der Waals surface area contributed by atoms with Crippen LogP contribution in [-0.4, -0.2) is 26.0 Å². The predicted molar refractivity (Wildman–Crippen MR) is 64.5 cm³/mol. The van der Waals surface area contributed by atoms with Crippen LogP contribution in [0.2, 0.25) is 0 Å². The van der Waals surface area contributed by atoms with E-state index in [1.54, 1.807) is 39.3 Å². The van der Waals surface area contributed by atoms with Crippen LogP contribution in [-0.2, 0) is 0 Å². The third-order valence-electron chi connectivity index (χ3n) is 2.13. The van der Waals surface area contributed by atoms with Gasteiger partial charge in [-0.15, -0.1) is 0 Å². The zero-order valence-electron chi connectivity index (χ0n) is 9.98. The fourth-order valence-corrected chi connectivity index (χ4v) is 1.30. The van der Waals surface area contributed by atoms with Gasteiger partial charge in [-0.05, 0) is 19.1 Å². The average molecular weight is 237 g/mol. The number of hydrazone groups is 1. The first kappa shape index (κ1) is 12.8. The van der Waals surface area contributed by atoms with Gasteiger partial charge in [-0.25, -0.2) is 10.2 Å². The molecule has 0 heterocycles. The predicted octanol–water partition coefficient (Wildman–Crippen LogP) is 1.10. The lowest BCUT2D eigenvalue weighted by atomic mass is 10.1. The van der Waals surface area contributed by atoms with Crippen molar-refractivity contribution in [1.82, 2.24) is 5.43 Å². The lowest BCUT2D eigenvalue weighted by Crippen LogP contribution is -2.25. The number of carbonyl (C=O) groups is 1. The normalized spacial score (nSPS) is 10.9. The van der Waals surface area contributed by atoms with E-state index in [-0.39, 0.29) is 0 Å². The van der Waals surface area contributed by atoms with E-state index in [0.29, 0.717) is 17.2 Å². The quantitative estimate of drug-likeness (QED) is 0.607. The van der Waals surface area contributed by atoms with Crippen molar-refractivity contribution in [1.29, 1.82) is 0 Å². The number of urea groups is 1. The van der Waals surface area contributed by atoms with Gasteiger partial charge in [-0.2, -0.15) is 5.10 Å². The van der Waals surface area contributed by atoms with Crippen molar-refractivity contribution in [3.8, 4) is 11.5 Å². The summed E-state index contributed by atoms with van der Waals surface area (Å²) in [6.07, 6.45) is 0. The molecule has 0 radical (unpaired) electrons. The molecule has 92 valence electrons. The molecule has 1 aromatic carbocycles. The van der Waals surface area contributed by atoms with Crippen LogP contribution in [0.3, 0.4) is 0 Å². The van der Waals surface area contributed by atoms with Crippen LogP contribution in [0.15, 0.2) is 23.3 Å². The molecule has 6 nitrogen and oxygen atoms in total. The summed E-state index contributed by atoms with van der Waals surface area (Å²) in [6, 6.07) is 4.59. The van der Waals surface area contributed by atoms with Crippen molar-refractivity contribution in [2.45, 2.75) is 6.92 Å². The maximum absolute atomic E-state index is 10.5. The molecule has 0 spiro atoms. The molecule has 2 amide bonds. The lowest BCUT2D eigenvalue weighted by molar-refractivity contribution is 0.249. The minimum Gasteiger partial charge on any atom is -0.497 e. The van der Waals surface area contributed by atoms with Gasteiger partial charge in [0.1, 0.15) is 11.5 Å². The molecule has 0 aliphatic rings. The highest BCUT2D eigenvalue weighted by Gasteiger charge is 2.08. The number of nitrogens with two attached hydrogens (primary N) is 1. The zero-order valence-corrected chi connectivity index (χ0v) is 9.98. The molecule has 0 saturated heterocycles. The molecule has 17 heavy (non-hydrogen) atoms. The first-order chi connectivity index (χ1) is 8.08. The van der Waals surface area contributed by atoms with Crippen LogP contribution >= 0.6 is 0 Å². The van der Waals surface area contributed by atoms with E-state index >= 15 is 0 Å². The summed E-state index contributed by atoms with van der Waals surface area (Å²) in [5.41, 5.74) is 8.43. The van der Waals surface area contributed by atoms with Crippen LogP contribution < -0.4 is 20.6 Å². The molecule has 0 unspecified atom stereocenters. The van der Waals surface area contributed by atoms with Gasteiger partial charge < -0.3 is 15.2 Å². The molecule has 0 aliphatic carbocycles. The Morgan fingerprint density at radius 1 is 1.35 bits per heavy atom. The summed E-state index contributed by atoms with van der Waals surface area (Å²) in [6.45, 7) is 1.74. The van der Waals surface area contributed by atoms with Gasteiger partial charge in [0.2, 0.25) is 0 Å². The van der Waals surface area contributed by atoms with Crippen molar-refractivity contribution >= 4 is 11.7 Å². The van der Waals surface area contributed by atoms with Gasteiger partial charge in [0.05, 0.1) is 19.9 Å². The van der Waals surface area contributed by atoms with Crippen LogP contribution in [0.5, 0.6) is 11.5 Å². The van der Waals surface area contributed by atoms with Crippen LogP contribution in [0, 0.1) is 0 Å². The molecule has 1 aromatic rings. The number of ether oxygens (including phenoxy) is 2. The SMILES string of the molecule is COc1ccc(/C(C)=N/NC(N)=O)c(OC)c1. The maximum Gasteiger partial charge on any atom is 0.332 e. The Hall–Kier alpha value is -2.24. The number of primary amides is 1. The van der Waals surface area contributed by atoms with Crippen molar-refractivity contribution in [3.63, 3.8) is 0 Å². The summed E-state index contributed by atoms with van der Waals surface area (Å²) < 4.78 is 10.3. The first-order valence-corrected chi connectivity index (χ1v) is 4.90. The summed E-state index contributed by atoms with van der Waals surface area (Å²) in [4.78, 5) is 10.5. The third-order valence-corrected chi connectivity index (χ3v) is 2.13. The topological polar surface area (TPSA) is 85.9 Å². The minimum absolute atomic E-state index is 0.586. The zero-order chi connectivity index (χ0) is 12.8. The number of benzene rings is 1. The summed E-state index contributed by atoms with van der Waals surface area (Å²) >= 11 is 0. The molecular weight excluding hydrogens is 222 g/mol. The Morgan fingerprint density at radius 3 is 2.59 bits per heavy atom. The lowest BCUT2D eigenvalue weighted by Gasteiger charge is -2.09. The van der Waals surface area contributed by atoms with Crippen LogP contribution in [0.1, 0.15) is 12.5 Å². The molecule has 0 bridgehead atoms. The molecule has 1 rings (SSSR count). The summed E-state index contributed by atoms with van der Waals surface area (Å²) in [5, 5.41) is 3.83. The van der Waals surface area contributed by atoms with Gasteiger partial charge >= 0.3 is 6.03 Å². The second-order valence-corrected chi connectivity index (χ2v) is 3.24. The minimum atomic E-state index is -0.711. The second-order valence-electron chi connectivity index (χ2n) is 3.24.